The molecular weight excluding hydrogens is 233 g/mol. The van der Waals surface area contributed by atoms with E-state index in [9.17, 15) is 4.57 Å². The van der Waals surface area contributed by atoms with Crippen LogP contribution in [0.2, 0.25) is 0 Å². The Labute approximate surface area is 103 Å². The first-order chi connectivity index (χ1) is 8.04. The number of rotatable bonds is 6. The average molecular weight is 253 g/mol. The molecule has 1 aromatic rings. The molecule has 0 aliphatic heterocycles. The molecule has 0 radical (unpaired) electrons. The average Bonchev–Trinajstić information content (AvgIpc) is 2.36. The molecule has 1 rings (SSSR count). The van der Waals surface area contributed by atoms with Crippen LogP contribution in [0, 0.1) is 0 Å². The molecule has 1 aromatic carbocycles. The van der Waals surface area contributed by atoms with E-state index in [0.717, 1.165) is 5.56 Å². The van der Waals surface area contributed by atoms with Gasteiger partial charge in [-0.3, -0.25) is 0 Å². The van der Waals surface area contributed by atoms with Crippen LogP contribution < -0.4 is 10.5 Å². The van der Waals surface area contributed by atoms with E-state index in [1.54, 1.807) is 18.2 Å². The molecule has 4 heteroatoms. The normalized spacial score (nSPS) is 11.2. The van der Waals surface area contributed by atoms with E-state index in [1.807, 2.05) is 19.9 Å². The summed E-state index contributed by atoms with van der Waals surface area (Å²) in [5, 5.41) is 0. The summed E-state index contributed by atoms with van der Waals surface area (Å²) < 4.78 is 17.7. The van der Waals surface area contributed by atoms with Gasteiger partial charge in [-0.2, -0.15) is 0 Å². The van der Waals surface area contributed by atoms with Crippen molar-refractivity contribution in [3.8, 4) is 5.75 Å². The van der Waals surface area contributed by atoms with Crippen molar-refractivity contribution in [1.82, 2.24) is 0 Å². The van der Waals surface area contributed by atoms with Gasteiger partial charge in [-0.25, -0.2) is 0 Å². The quantitative estimate of drug-likeness (QED) is 0.622. The van der Waals surface area contributed by atoms with Crippen LogP contribution in [0.3, 0.4) is 0 Å². The first kappa shape index (κ1) is 13.9. The summed E-state index contributed by atoms with van der Waals surface area (Å²) in [6.07, 6.45) is 3.31. The van der Waals surface area contributed by atoms with Crippen molar-refractivity contribution in [2.45, 2.75) is 13.8 Å². The number of nitrogen functional groups attached to an aromatic ring is 1. The summed E-state index contributed by atoms with van der Waals surface area (Å²) in [5.41, 5.74) is 7.35. The fourth-order valence-electron chi connectivity index (χ4n) is 1.42. The minimum atomic E-state index is -2.18. The van der Waals surface area contributed by atoms with Crippen molar-refractivity contribution >= 4 is 18.9 Å². The molecule has 0 amide bonds. The van der Waals surface area contributed by atoms with Crippen LogP contribution in [0.1, 0.15) is 19.4 Å². The van der Waals surface area contributed by atoms with Gasteiger partial charge in [0, 0.05) is 12.3 Å². The first-order valence-electron chi connectivity index (χ1n) is 5.76. The summed E-state index contributed by atoms with van der Waals surface area (Å²) in [5.74, 6) is 0.595. The predicted octanol–water partition coefficient (Wildman–Crippen LogP) is 3.65. The van der Waals surface area contributed by atoms with Crippen LogP contribution in [0.4, 0.5) is 5.69 Å². The molecule has 0 spiro atoms. The molecule has 3 nitrogen and oxygen atoms in total. The summed E-state index contributed by atoms with van der Waals surface area (Å²) >= 11 is 0. The smallest absolute Gasteiger partial charge is 0.142 e. The third kappa shape index (κ3) is 3.64. The Morgan fingerprint density at radius 2 is 2.06 bits per heavy atom. The Morgan fingerprint density at radius 1 is 1.41 bits per heavy atom. The zero-order valence-corrected chi connectivity index (χ0v) is 11.4. The van der Waals surface area contributed by atoms with Gasteiger partial charge in [0.15, 0.2) is 0 Å². The Kier molecular flexibility index (Phi) is 4.83. The van der Waals surface area contributed by atoms with Crippen LogP contribution in [0.25, 0.3) is 6.08 Å². The van der Waals surface area contributed by atoms with Crippen LogP contribution in [0.15, 0.2) is 24.8 Å². The van der Waals surface area contributed by atoms with Crippen LogP contribution in [-0.2, 0) is 4.57 Å². The highest BCUT2D eigenvalue weighted by atomic mass is 31.2. The Hall–Kier alpha value is -1.21. The maximum atomic E-state index is 12.2. The Morgan fingerprint density at radius 3 is 2.53 bits per heavy atom. The summed E-state index contributed by atoms with van der Waals surface area (Å²) in [4.78, 5) is 0. The monoisotopic (exact) mass is 253 g/mol. The maximum Gasteiger partial charge on any atom is 0.142 e. The lowest BCUT2D eigenvalue weighted by atomic mass is 10.2. The van der Waals surface area contributed by atoms with Crippen molar-refractivity contribution in [2.24, 2.45) is 0 Å². The molecule has 0 fully saturated rings. The lowest BCUT2D eigenvalue weighted by molar-refractivity contribution is 0.378. The number of hydrogen-bond donors (Lipinski definition) is 1. The maximum absolute atomic E-state index is 12.2. The van der Waals surface area contributed by atoms with E-state index in [0.29, 0.717) is 23.8 Å². The second-order valence-corrected chi connectivity index (χ2v) is 7.60. The topological polar surface area (TPSA) is 52.3 Å². The van der Waals surface area contributed by atoms with E-state index >= 15 is 0 Å². The highest BCUT2D eigenvalue weighted by Crippen LogP contribution is 2.44. The third-order valence-corrected chi connectivity index (χ3v) is 5.78. The minimum absolute atomic E-state index is 0.262. The standard InChI is InChI=1S/C13H20NO2P/c1-4-11-7-8-13(12(14)9-11)16-10-17(15,5-2)6-3/h4,7-9H,1,5-6,10,14H2,2-3H3. The first-order valence-corrected chi connectivity index (χ1v) is 8.02. The number of hydrogen-bond acceptors (Lipinski definition) is 3. The summed E-state index contributed by atoms with van der Waals surface area (Å²) in [6, 6.07) is 5.47. The molecule has 2 N–H and O–H groups in total. The number of anilines is 1. The molecular formula is C13H20NO2P. The molecule has 0 heterocycles. The van der Waals surface area contributed by atoms with Gasteiger partial charge in [0.05, 0.1) is 5.69 Å². The highest BCUT2D eigenvalue weighted by Gasteiger charge is 2.18. The molecule has 0 saturated heterocycles. The van der Waals surface area contributed by atoms with Crippen molar-refractivity contribution in [2.75, 3.05) is 24.4 Å². The molecule has 0 atom stereocenters. The highest BCUT2D eigenvalue weighted by molar-refractivity contribution is 7.63. The predicted molar refractivity (Wildman–Crippen MR) is 75.1 cm³/mol. The van der Waals surface area contributed by atoms with Crippen LogP contribution >= 0.6 is 7.14 Å². The van der Waals surface area contributed by atoms with E-state index in [2.05, 4.69) is 6.58 Å². The SMILES string of the molecule is C=Cc1ccc(OCP(=O)(CC)CC)c(N)c1. The molecule has 94 valence electrons. The van der Waals surface area contributed by atoms with Crippen molar-refractivity contribution in [1.29, 1.82) is 0 Å². The van der Waals surface area contributed by atoms with Gasteiger partial charge in [0.1, 0.15) is 19.2 Å². The number of nitrogens with two attached hydrogens (primary N) is 1. The van der Waals surface area contributed by atoms with Crippen LogP contribution in [0.5, 0.6) is 5.75 Å². The number of benzene rings is 1. The minimum Gasteiger partial charge on any atom is -0.484 e. The van der Waals surface area contributed by atoms with Crippen molar-refractivity contribution in [3.05, 3.63) is 30.3 Å². The van der Waals surface area contributed by atoms with Gasteiger partial charge >= 0.3 is 0 Å². The summed E-state index contributed by atoms with van der Waals surface area (Å²) in [7, 11) is -2.18. The van der Waals surface area contributed by atoms with Gasteiger partial charge in [0.25, 0.3) is 0 Å². The second kappa shape index (κ2) is 5.92. The molecule has 0 unspecified atom stereocenters. The second-order valence-electron chi connectivity index (χ2n) is 3.97. The fraction of sp³-hybridized carbons (Fsp3) is 0.385. The third-order valence-electron chi connectivity index (χ3n) is 2.88. The van der Waals surface area contributed by atoms with Crippen LogP contribution in [-0.4, -0.2) is 18.7 Å². The fourth-order valence-corrected chi connectivity index (χ4v) is 2.61. The Balaban J connectivity index is 2.76. The summed E-state index contributed by atoms with van der Waals surface area (Å²) in [6.45, 7) is 7.53. The zero-order chi connectivity index (χ0) is 12.9. The van der Waals surface area contributed by atoms with Gasteiger partial charge in [-0.05, 0) is 17.7 Å². The molecule has 0 bridgehead atoms. The molecule has 0 aromatic heterocycles. The van der Waals surface area contributed by atoms with E-state index < -0.39 is 7.14 Å². The molecule has 17 heavy (non-hydrogen) atoms. The lowest BCUT2D eigenvalue weighted by Gasteiger charge is -2.16. The largest absolute Gasteiger partial charge is 0.484 e. The van der Waals surface area contributed by atoms with Gasteiger partial charge in [-0.1, -0.05) is 32.6 Å². The van der Waals surface area contributed by atoms with E-state index in [-0.39, 0.29) is 6.35 Å². The van der Waals surface area contributed by atoms with Gasteiger partial charge in [-0.15, -0.1) is 0 Å². The van der Waals surface area contributed by atoms with Crippen molar-refractivity contribution in [3.63, 3.8) is 0 Å². The van der Waals surface area contributed by atoms with E-state index in [4.69, 9.17) is 10.5 Å². The molecule has 0 aliphatic rings. The zero-order valence-electron chi connectivity index (χ0n) is 10.5. The van der Waals surface area contributed by atoms with Gasteiger partial charge < -0.3 is 15.0 Å². The lowest BCUT2D eigenvalue weighted by Crippen LogP contribution is -2.04. The van der Waals surface area contributed by atoms with E-state index in [1.165, 1.54) is 0 Å². The number of ether oxygens (including phenoxy) is 1. The molecule has 0 saturated carbocycles. The molecule has 0 aliphatic carbocycles. The Bertz CT molecular complexity index is 435. The van der Waals surface area contributed by atoms with Gasteiger partial charge in [0.2, 0.25) is 0 Å². The van der Waals surface area contributed by atoms with Crippen molar-refractivity contribution < 1.29 is 9.30 Å².